The van der Waals surface area contributed by atoms with Crippen LogP contribution in [0.4, 0.5) is 34.5 Å². The normalized spacial score (nSPS) is 10.6. The molecular weight excluding hydrogens is 780 g/mol. The Kier molecular flexibility index (Phi) is 22.8. The standard InChI is InChI=1S/3C11H9N3.2ClHO4.Ni/c3*1-2-6-10(7-3-1)13-14-11-8-4-5-9-12-11;2*2-1(3,4)5;/h3*1-9H;2*(H,2,3,4,5);/q;;;;;+2/p-2. The number of hydrogen-bond acceptors (Lipinski definition) is 17. The van der Waals surface area contributed by atoms with E-state index in [2.05, 4.69) is 45.6 Å². The molecule has 0 fully saturated rings. The fourth-order valence-electron chi connectivity index (χ4n) is 3.05. The molecule has 3 aromatic heterocycles. The van der Waals surface area contributed by atoms with Gasteiger partial charge in [0, 0.05) is 18.6 Å². The van der Waals surface area contributed by atoms with Gasteiger partial charge in [-0.1, -0.05) is 72.8 Å². The van der Waals surface area contributed by atoms with Gasteiger partial charge in [0.2, 0.25) is 0 Å². The summed E-state index contributed by atoms with van der Waals surface area (Å²) in [5, 5.41) is 24.1. The van der Waals surface area contributed by atoms with Gasteiger partial charge < -0.3 is 0 Å². The Morgan fingerprint density at radius 2 is 0.509 bits per heavy atom. The second-order valence-corrected chi connectivity index (χ2v) is 10.4. The molecule has 0 saturated heterocycles. The number of azo groups is 3. The fraction of sp³-hybridized carbons (Fsp3) is 0. The molecular formula is C33H27Cl2N9NiO8. The number of benzene rings is 3. The predicted octanol–water partition coefficient (Wildman–Crippen LogP) is 0.977. The van der Waals surface area contributed by atoms with Gasteiger partial charge in [-0.15, -0.1) is 51.2 Å². The molecule has 0 aliphatic carbocycles. The second-order valence-electron chi connectivity index (χ2n) is 8.93. The molecule has 20 heteroatoms. The smallest absolute Gasteiger partial charge is 0.236 e. The van der Waals surface area contributed by atoms with E-state index in [1.54, 1.807) is 18.6 Å². The Hall–Kier alpha value is -5.34. The Balaban J connectivity index is 0.000000350. The number of nitrogens with zero attached hydrogens (tertiary/aromatic N) is 9. The van der Waals surface area contributed by atoms with Crippen molar-refractivity contribution < 1.29 is 74.2 Å². The van der Waals surface area contributed by atoms with Crippen LogP contribution in [-0.4, -0.2) is 15.0 Å². The van der Waals surface area contributed by atoms with Crippen molar-refractivity contribution in [2.75, 3.05) is 0 Å². The van der Waals surface area contributed by atoms with Crippen molar-refractivity contribution in [1.29, 1.82) is 0 Å². The summed E-state index contributed by atoms with van der Waals surface area (Å²) >= 11 is 0. The van der Waals surface area contributed by atoms with Crippen molar-refractivity contribution in [2.24, 2.45) is 30.7 Å². The summed E-state index contributed by atoms with van der Waals surface area (Å²) in [6.45, 7) is 0. The molecule has 0 unspecified atom stereocenters. The van der Waals surface area contributed by atoms with Crippen LogP contribution in [0.3, 0.4) is 0 Å². The van der Waals surface area contributed by atoms with E-state index in [-0.39, 0.29) is 16.5 Å². The fourth-order valence-corrected chi connectivity index (χ4v) is 3.05. The van der Waals surface area contributed by atoms with Gasteiger partial charge in [0.15, 0.2) is 17.5 Å². The van der Waals surface area contributed by atoms with E-state index in [1.807, 2.05) is 146 Å². The topological polar surface area (TPSA) is 297 Å². The monoisotopic (exact) mass is 805 g/mol. The van der Waals surface area contributed by atoms with Gasteiger partial charge in [0.05, 0.1) is 17.1 Å². The first-order valence-electron chi connectivity index (χ1n) is 14.2. The third-order valence-electron chi connectivity index (χ3n) is 5.02. The van der Waals surface area contributed by atoms with E-state index in [4.69, 9.17) is 37.3 Å². The summed E-state index contributed by atoms with van der Waals surface area (Å²) in [5.74, 6) is 1.86. The van der Waals surface area contributed by atoms with E-state index in [0.29, 0.717) is 17.5 Å². The van der Waals surface area contributed by atoms with Gasteiger partial charge in [0.1, 0.15) is 0 Å². The second kappa shape index (κ2) is 26.4. The molecule has 3 aromatic carbocycles. The zero-order chi connectivity index (χ0) is 37.9. The largest absolute Gasteiger partial charge is 2.00 e. The summed E-state index contributed by atoms with van der Waals surface area (Å²) in [4.78, 5) is 12.1. The van der Waals surface area contributed by atoms with Gasteiger partial charge in [-0.3, -0.25) is 0 Å². The van der Waals surface area contributed by atoms with Gasteiger partial charge in [-0.05, 0) is 72.8 Å². The van der Waals surface area contributed by atoms with E-state index in [0.717, 1.165) is 17.1 Å². The number of rotatable bonds is 6. The Bertz CT molecular complexity index is 1520. The molecule has 276 valence electrons. The summed E-state index contributed by atoms with van der Waals surface area (Å²) < 4.78 is 67.9. The summed E-state index contributed by atoms with van der Waals surface area (Å²) in [6, 6.07) is 45.4. The summed E-state index contributed by atoms with van der Waals surface area (Å²) in [7, 11) is -9.89. The van der Waals surface area contributed by atoms with Gasteiger partial charge >= 0.3 is 16.5 Å². The average molecular weight is 807 g/mol. The van der Waals surface area contributed by atoms with Crippen molar-refractivity contribution in [1.82, 2.24) is 15.0 Å². The minimum Gasteiger partial charge on any atom is -0.236 e. The maximum atomic E-state index is 8.49. The van der Waals surface area contributed by atoms with Crippen LogP contribution >= 0.6 is 0 Å². The van der Waals surface area contributed by atoms with Crippen molar-refractivity contribution in [3.8, 4) is 0 Å². The van der Waals surface area contributed by atoms with E-state index in [1.165, 1.54) is 0 Å². The van der Waals surface area contributed by atoms with Crippen LogP contribution in [0.1, 0.15) is 0 Å². The molecule has 0 amide bonds. The first kappa shape index (κ1) is 45.7. The van der Waals surface area contributed by atoms with Crippen molar-refractivity contribution >= 4 is 34.5 Å². The average Bonchev–Trinajstić information content (AvgIpc) is 3.14. The van der Waals surface area contributed by atoms with Crippen molar-refractivity contribution in [3.05, 3.63) is 164 Å². The van der Waals surface area contributed by atoms with Gasteiger partial charge in [0.25, 0.3) is 0 Å². The van der Waals surface area contributed by atoms with Gasteiger partial charge in [-0.2, -0.15) is 0 Å². The molecule has 0 aliphatic rings. The maximum Gasteiger partial charge on any atom is 2.00 e. The molecule has 0 bridgehead atoms. The molecule has 0 atom stereocenters. The molecule has 3 heterocycles. The van der Waals surface area contributed by atoms with Crippen LogP contribution in [0, 0.1) is 20.5 Å². The van der Waals surface area contributed by atoms with E-state index >= 15 is 0 Å². The van der Waals surface area contributed by atoms with Crippen molar-refractivity contribution in [3.63, 3.8) is 0 Å². The number of pyridine rings is 3. The molecule has 0 saturated carbocycles. The molecule has 6 rings (SSSR count). The molecule has 53 heavy (non-hydrogen) atoms. The molecule has 17 nitrogen and oxygen atoms in total. The van der Waals surface area contributed by atoms with Crippen LogP contribution < -0.4 is 37.3 Å². The number of aromatic nitrogens is 3. The Labute approximate surface area is 317 Å². The minimum absolute atomic E-state index is 0. The van der Waals surface area contributed by atoms with Crippen LogP contribution in [-0.2, 0) is 16.5 Å². The van der Waals surface area contributed by atoms with Crippen LogP contribution in [0.2, 0.25) is 0 Å². The first-order valence-corrected chi connectivity index (χ1v) is 16.7. The quantitative estimate of drug-likeness (QED) is 0.169. The number of halogens is 2. The Morgan fingerprint density at radius 1 is 0.302 bits per heavy atom. The zero-order valence-electron chi connectivity index (χ0n) is 27.0. The minimum atomic E-state index is -4.94. The van der Waals surface area contributed by atoms with Crippen LogP contribution in [0.15, 0.2) is 195 Å². The van der Waals surface area contributed by atoms with Gasteiger partial charge in [-0.25, -0.2) is 52.2 Å². The molecule has 0 N–H and O–H groups in total. The third kappa shape index (κ3) is 28.0. The maximum absolute atomic E-state index is 8.49. The molecule has 0 aliphatic heterocycles. The van der Waals surface area contributed by atoms with E-state index in [9.17, 15) is 0 Å². The predicted molar refractivity (Wildman–Crippen MR) is 165 cm³/mol. The summed E-state index contributed by atoms with van der Waals surface area (Å²) in [5.41, 5.74) is 2.49. The molecule has 6 aromatic rings. The van der Waals surface area contributed by atoms with Crippen LogP contribution in [0.5, 0.6) is 0 Å². The first-order chi connectivity index (χ1) is 24.8. The van der Waals surface area contributed by atoms with E-state index < -0.39 is 20.5 Å². The molecule has 0 radical (unpaired) electrons. The van der Waals surface area contributed by atoms with Crippen LogP contribution in [0.25, 0.3) is 0 Å². The Morgan fingerprint density at radius 3 is 0.698 bits per heavy atom. The SMILES string of the molecule is [Ni+2].[O-][Cl+3]([O-])([O-])[O-].[O-][Cl+3]([O-])([O-])[O-].c1ccc(N=Nc2ccccn2)cc1.c1ccc(N=Nc2ccccn2)cc1.c1ccc(N=Nc2ccccn2)cc1. The third-order valence-corrected chi connectivity index (χ3v) is 5.02. The number of hydrogen-bond donors (Lipinski definition) is 0. The molecule has 0 spiro atoms. The van der Waals surface area contributed by atoms with Crippen molar-refractivity contribution in [2.45, 2.75) is 0 Å². The summed E-state index contributed by atoms with van der Waals surface area (Å²) in [6.07, 6.45) is 5.08. The zero-order valence-corrected chi connectivity index (χ0v) is 29.5.